The Morgan fingerprint density at radius 3 is 2.29 bits per heavy atom. The molecule has 0 saturated heterocycles. The molecule has 0 heterocycles. The Morgan fingerprint density at radius 2 is 1.76 bits per heavy atom. The quantitative estimate of drug-likeness (QED) is 0.607. The van der Waals surface area contributed by atoms with Crippen LogP contribution in [0.15, 0.2) is 47.4 Å². The highest BCUT2D eigenvalue weighted by molar-refractivity contribution is 7.91. The van der Waals surface area contributed by atoms with Crippen LogP contribution in [0.25, 0.3) is 0 Å². The van der Waals surface area contributed by atoms with E-state index in [0.717, 1.165) is 6.04 Å². The minimum absolute atomic E-state index is 0.0117. The highest BCUT2D eigenvalue weighted by atomic mass is 32.2. The van der Waals surface area contributed by atoms with Crippen molar-refractivity contribution in [2.24, 2.45) is 0 Å². The van der Waals surface area contributed by atoms with Crippen molar-refractivity contribution in [3.05, 3.63) is 42.5 Å². The lowest BCUT2D eigenvalue weighted by Gasteiger charge is -2.11. The fourth-order valence-corrected chi connectivity index (χ4v) is 2.97. The van der Waals surface area contributed by atoms with E-state index in [-0.39, 0.29) is 4.90 Å². The first-order valence-electron chi connectivity index (χ1n) is 6.54. The Bertz CT molecular complexity index is 546. The first-order chi connectivity index (χ1) is 8.56. The van der Waals surface area contributed by atoms with E-state index in [2.05, 4.69) is 19.6 Å². The zero-order valence-corrected chi connectivity index (χ0v) is 12.3. The zero-order chi connectivity index (χ0) is 14.7. The average molecular weight is 270 g/mol. The summed E-state index contributed by atoms with van der Waals surface area (Å²) in [7, 11) is -5.34. The van der Waals surface area contributed by atoms with Crippen LogP contribution in [0.1, 0.15) is 2.74 Å². The number of allylic oxidation sites excluding steroid dienone is 1. The maximum atomic E-state index is 12.2. The summed E-state index contributed by atoms with van der Waals surface area (Å²) < 4.78 is 40.0. The van der Waals surface area contributed by atoms with Gasteiger partial charge in [0.15, 0.2) is 9.84 Å². The van der Waals surface area contributed by atoms with Gasteiger partial charge in [-0.25, -0.2) is 8.42 Å². The third-order valence-electron chi connectivity index (χ3n) is 2.12. The van der Waals surface area contributed by atoms with E-state index in [4.69, 9.17) is 2.74 Å². The monoisotopic (exact) mass is 270 g/mol. The van der Waals surface area contributed by atoms with Crippen LogP contribution in [0.2, 0.25) is 25.7 Å². The van der Waals surface area contributed by atoms with Gasteiger partial charge in [-0.15, -0.1) is 0 Å². The van der Waals surface area contributed by atoms with Crippen molar-refractivity contribution in [2.45, 2.75) is 30.6 Å². The summed E-state index contributed by atoms with van der Waals surface area (Å²) in [5.74, 6) is 0. The topological polar surface area (TPSA) is 34.1 Å². The second-order valence-electron chi connectivity index (χ2n) is 5.10. The third kappa shape index (κ3) is 5.32. The van der Waals surface area contributed by atoms with Crippen LogP contribution in [-0.2, 0) is 9.84 Å². The summed E-state index contributed by atoms with van der Waals surface area (Å²) in [6, 6.07) is 8.48. The highest BCUT2D eigenvalue weighted by Gasteiger charge is 2.12. The largest absolute Gasteiger partial charge is 0.223 e. The molecule has 17 heavy (non-hydrogen) atoms. The van der Waals surface area contributed by atoms with Gasteiger partial charge in [0.25, 0.3) is 0 Å². The molecule has 1 aromatic carbocycles. The Balaban J connectivity index is 3.00. The first kappa shape index (κ1) is 11.2. The standard InChI is InChI=1S/C13H20O2SSi/c1-17(2,3)12-8-7-11-16(14,15)13-9-5-4-6-10-13/h4-10H,11-12H2,1-3H3/b8-7+/i11D2. The van der Waals surface area contributed by atoms with Crippen LogP contribution in [-0.4, -0.2) is 22.2 Å². The van der Waals surface area contributed by atoms with E-state index in [9.17, 15) is 8.42 Å². The van der Waals surface area contributed by atoms with Gasteiger partial charge in [-0.2, -0.15) is 0 Å². The Morgan fingerprint density at radius 1 is 1.18 bits per heavy atom. The predicted octanol–water partition coefficient (Wildman–Crippen LogP) is 3.35. The molecule has 0 bridgehead atoms. The molecule has 0 saturated carbocycles. The van der Waals surface area contributed by atoms with Crippen LogP contribution in [0.5, 0.6) is 0 Å². The molecule has 0 unspecified atom stereocenters. The molecule has 0 fully saturated rings. The maximum absolute atomic E-state index is 12.2. The smallest absolute Gasteiger partial charge is 0.181 e. The Labute approximate surface area is 108 Å². The molecule has 0 aliphatic carbocycles. The van der Waals surface area contributed by atoms with Crippen molar-refractivity contribution in [3.8, 4) is 0 Å². The number of sulfone groups is 1. The van der Waals surface area contributed by atoms with Crippen molar-refractivity contribution < 1.29 is 11.2 Å². The second kappa shape index (κ2) is 5.64. The molecule has 0 aliphatic rings. The van der Waals surface area contributed by atoms with Gasteiger partial charge < -0.3 is 0 Å². The molecule has 0 N–H and O–H groups in total. The molecule has 0 atom stereocenters. The van der Waals surface area contributed by atoms with Crippen molar-refractivity contribution in [1.29, 1.82) is 0 Å². The average Bonchev–Trinajstić information content (AvgIpc) is 2.28. The van der Waals surface area contributed by atoms with E-state index >= 15 is 0 Å². The second-order valence-corrected chi connectivity index (χ2v) is 12.3. The molecule has 0 radical (unpaired) electrons. The fourth-order valence-electron chi connectivity index (χ4n) is 1.22. The van der Waals surface area contributed by atoms with Gasteiger partial charge in [-0.3, -0.25) is 0 Å². The molecule has 0 spiro atoms. The van der Waals surface area contributed by atoms with E-state index in [0.29, 0.717) is 0 Å². The maximum Gasteiger partial charge on any atom is 0.181 e. The van der Waals surface area contributed by atoms with Gasteiger partial charge >= 0.3 is 0 Å². The third-order valence-corrected chi connectivity index (χ3v) is 4.92. The summed E-state index contributed by atoms with van der Waals surface area (Å²) in [5, 5.41) is 0. The number of hydrogen-bond donors (Lipinski definition) is 0. The lowest BCUT2D eigenvalue weighted by Crippen LogP contribution is -2.17. The van der Waals surface area contributed by atoms with Gasteiger partial charge in [0.1, 0.15) is 0 Å². The van der Waals surface area contributed by atoms with E-state index in [1.54, 1.807) is 24.3 Å². The Hall–Kier alpha value is -0.873. The van der Waals surface area contributed by atoms with Crippen LogP contribution >= 0.6 is 0 Å². The normalized spacial score (nSPS) is 15.7. The molecule has 1 rings (SSSR count). The molecule has 0 aromatic heterocycles. The number of hydrogen-bond acceptors (Lipinski definition) is 2. The van der Waals surface area contributed by atoms with E-state index in [1.165, 1.54) is 18.2 Å². The van der Waals surface area contributed by atoms with Gasteiger partial charge in [0.2, 0.25) is 0 Å². The van der Waals surface area contributed by atoms with Crippen LogP contribution < -0.4 is 0 Å². The van der Waals surface area contributed by atoms with Gasteiger partial charge in [0.05, 0.1) is 10.6 Å². The van der Waals surface area contributed by atoms with Crippen molar-refractivity contribution in [2.75, 3.05) is 5.70 Å². The fraction of sp³-hybridized carbons (Fsp3) is 0.385. The molecule has 0 amide bonds. The van der Waals surface area contributed by atoms with Crippen molar-refractivity contribution >= 4 is 17.9 Å². The summed E-state index contributed by atoms with van der Waals surface area (Å²) in [6.07, 6.45) is 2.83. The molecule has 0 aliphatic heterocycles. The minimum Gasteiger partial charge on any atom is -0.223 e. The summed E-state index contributed by atoms with van der Waals surface area (Å²) in [6.45, 7) is 6.45. The highest BCUT2D eigenvalue weighted by Crippen LogP contribution is 2.12. The molecule has 94 valence electrons. The molecule has 2 nitrogen and oxygen atoms in total. The minimum atomic E-state index is -3.99. The first-order valence-corrected chi connectivity index (χ1v) is 10.7. The lowest BCUT2D eigenvalue weighted by molar-refractivity contribution is 0.599. The van der Waals surface area contributed by atoms with Gasteiger partial charge in [0, 0.05) is 10.8 Å². The SMILES string of the molecule is [2H]C([2H])(/C=C/C[Si](C)(C)C)S(=O)(=O)c1ccccc1. The van der Waals surface area contributed by atoms with Gasteiger partial charge in [-0.1, -0.05) is 50.0 Å². The number of rotatable bonds is 5. The predicted molar refractivity (Wildman–Crippen MR) is 75.8 cm³/mol. The van der Waals surface area contributed by atoms with E-state index < -0.39 is 23.6 Å². The van der Waals surface area contributed by atoms with Gasteiger partial charge in [-0.05, 0) is 18.2 Å². The summed E-state index contributed by atoms with van der Waals surface area (Å²) >= 11 is 0. The molecule has 1 aromatic rings. The lowest BCUT2D eigenvalue weighted by atomic mass is 10.4. The van der Waals surface area contributed by atoms with Crippen molar-refractivity contribution in [1.82, 2.24) is 0 Å². The number of benzene rings is 1. The molecular formula is C13H20O2SSi. The molecular weight excluding hydrogens is 248 g/mol. The Kier molecular flexibility index (Phi) is 3.73. The summed E-state index contributed by atoms with van der Waals surface area (Å²) in [4.78, 5) is 0.0117. The zero-order valence-electron chi connectivity index (χ0n) is 12.5. The van der Waals surface area contributed by atoms with Crippen LogP contribution in [0.3, 0.4) is 0 Å². The van der Waals surface area contributed by atoms with E-state index in [1.807, 2.05) is 0 Å². The van der Waals surface area contributed by atoms with Crippen molar-refractivity contribution in [3.63, 3.8) is 0 Å². The molecule has 4 heteroatoms. The summed E-state index contributed by atoms with van der Waals surface area (Å²) in [5.41, 5.74) is -2.37. The van der Waals surface area contributed by atoms with Crippen LogP contribution in [0, 0.1) is 0 Å². The van der Waals surface area contributed by atoms with Crippen LogP contribution in [0.4, 0.5) is 0 Å².